The van der Waals surface area contributed by atoms with Gasteiger partial charge in [0.05, 0.1) is 5.69 Å². The van der Waals surface area contributed by atoms with Crippen LogP contribution in [0, 0.1) is 13.8 Å². The van der Waals surface area contributed by atoms with Crippen LogP contribution in [0.5, 0.6) is 0 Å². The first-order chi connectivity index (χ1) is 9.59. The molecule has 0 saturated carbocycles. The Labute approximate surface area is 121 Å². The molecule has 1 heterocycles. The molecule has 6 nitrogen and oxygen atoms in total. The molecule has 0 aliphatic heterocycles. The maximum absolute atomic E-state index is 10.8. The van der Waals surface area contributed by atoms with E-state index in [1.54, 1.807) is 4.68 Å². The highest BCUT2D eigenvalue weighted by molar-refractivity contribution is 7.99. The molecule has 0 unspecified atom stereocenters. The van der Waals surface area contributed by atoms with Crippen LogP contribution in [0.25, 0.3) is 5.69 Å². The van der Waals surface area contributed by atoms with Gasteiger partial charge in [-0.15, -0.1) is 5.10 Å². The molecule has 2 rings (SSSR count). The standard InChI is InChI=1S/C13H17N5OS/c1-9-5-4-6-12(10(9)2)18-13(15-16-17-18)20-8-7-14-11(3)19/h4-6H,7-8H2,1-3H3,(H,14,19). The first kappa shape index (κ1) is 14.5. The van der Waals surface area contributed by atoms with Crippen LogP contribution in [-0.2, 0) is 4.79 Å². The van der Waals surface area contributed by atoms with Crippen molar-refractivity contribution in [3.05, 3.63) is 29.3 Å². The fourth-order valence-electron chi connectivity index (χ4n) is 1.75. The third kappa shape index (κ3) is 3.36. The van der Waals surface area contributed by atoms with Gasteiger partial charge in [0.15, 0.2) is 0 Å². The van der Waals surface area contributed by atoms with E-state index in [-0.39, 0.29) is 5.91 Å². The van der Waals surface area contributed by atoms with Crippen LogP contribution in [-0.4, -0.2) is 38.4 Å². The second kappa shape index (κ2) is 6.51. The van der Waals surface area contributed by atoms with Crippen molar-refractivity contribution >= 4 is 17.7 Å². The second-order valence-electron chi connectivity index (χ2n) is 4.42. The average Bonchev–Trinajstić information content (AvgIpc) is 2.86. The molecule has 1 amide bonds. The quantitative estimate of drug-likeness (QED) is 0.668. The van der Waals surface area contributed by atoms with Gasteiger partial charge in [0.2, 0.25) is 11.1 Å². The molecule has 1 N–H and O–H groups in total. The third-order valence-electron chi connectivity index (χ3n) is 2.95. The first-order valence-corrected chi connectivity index (χ1v) is 7.30. The Kier molecular flexibility index (Phi) is 4.73. The number of aryl methyl sites for hydroxylation is 1. The molecule has 2 aromatic rings. The Morgan fingerprint density at radius 1 is 1.40 bits per heavy atom. The van der Waals surface area contributed by atoms with E-state index in [0.717, 1.165) is 22.2 Å². The van der Waals surface area contributed by atoms with Crippen molar-refractivity contribution < 1.29 is 4.79 Å². The zero-order chi connectivity index (χ0) is 14.5. The van der Waals surface area contributed by atoms with Gasteiger partial charge in [-0.2, -0.15) is 4.68 Å². The zero-order valence-electron chi connectivity index (χ0n) is 11.8. The molecule has 0 saturated heterocycles. The van der Waals surface area contributed by atoms with Gasteiger partial charge in [0.1, 0.15) is 0 Å². The maximum Gasteiger partial charge on any atom is 0.216 e. The number of hydrogen-bond acceptors (Lipinski definition) is 5. The number of tetrazole rings is 1. The largest absolute Gasteiger partial charge is 0.356 e. The van der Waals surface area contributed by atoms with Crippen LogP contribution >= 0.6 is 11.8 Å². The molecule has 0 spiro atoms. The number of carbonyl (C=O) groups excluding carboxylic acids is 1. The van der Waals surface area contributed by atoms with Gasteiger partial charge in [0.25, 0.3) is 0 Å². The van der Waals surface area contributed by atoms with E-state index in [2.05, 4.69) is 40.8 Å². The number of nitrogens with one attached hydrogen (secondary N) is 1. The van der Waals surface area contributed by atoms with Crippen LogP contribution in [0.15, 0.2) is 23.4 Å². The molecule has 0 aliphatic carbocycles. The minimum Gasteiger partial charge on any atom is -0.356 e. The lowest BCUT2D eigenvalue weighted by Gasteiger charge is -2.09. The molecule has 7 heteroatoms. The smallest absolute Gasteiger partial charge is 0.216 e. The van der Waals surface area contributed by atoms with Crippen LogP contribution < -0.4 is 5.32 Å². The monoisotopic (exact) mass is 291 g/mol. The van der Waals surface area contributed by atoms with E-state index in [1.165, 1.54) is 24.2 Å². The summed E-state index contributed by atoms with van der Waals surface area (Å²) < 4.78 is 1.74. The molecule has 0 bridgehead atoms. The van der Waals surface area contributed by atoms with E-state index in [4.69, 9.17) is 0 Å². The number of amides is 1. The van der Waals surface area contributed by atoms with Gasteiger partial charge >= 0.3 is 0 Å². The summed E-state index contributed by atoms with van der Waals surface area (Å²) in [5.74, 6) is 0.699. The number of nitrogens with zero attached hydrogens (tertiary/aromatic N) is 4. The van der Waals surface area contributed by atoms with E-state index in [1.807, 2.05) is 12.1 Å². The summed E-state index contributed by atoms with van der Waals surface area (Å²) in [4.78, 5) is 10.8. The minimum atomic E-state index is -0.0280. The summed E-state index contributed by atoms with van der Waals surface area (Å²) in [6.45, 7) is 6.22. The van der Waals surface area contributed by atoms with Gasteiger partial charge in [-0.05, 0) is 41.5 Å². The topological polar surface area (TPSA) is 72.7 Å². The molecule has 20 heavy (non-hydrogen) atoms. The average molecular weight is 291 g/mol. The van der Waals surface area contributed by atoms with Crippen molar-refractivity contribution in [2.75, 3.05) is 12.3 Å². The maximum atomic E-state index is 10.8. The zero-order valence-corrected chi connectivity index (χ0v) is 12.6. The van der Waals surface area contributed by atoms with E-state index in [9.17, 15) is 4.79 Å². The summed E-state index contributed by atoms with van der Waals surface area (Å²) in [6, 6.07) is 6.05. The van der Waals surface area contributed by atoms with Gasteiger partial charge < -0.3 is 5.32 Å². The van der Waals surface area contributed by atoms with E-state index < -0.39 is 0 Å². The molecular formula is C13H17N5OS. The van der Waals surface area contributed by atoms with Crippen molar-refractivity contribution in [1.29, 1.82) is 0 Å². The number of thioether (sulfide) groups is 1. The van der Waals surface area contributed by atoms with Crippen molar-refractivity contribution in [2.45, 2.75) is 25.9 Å². The van der Waals surface area contributed by atoms with Gasteiger partial charge in [-0.25, -0.2) is 0 Å². The number of hydrogen-bond donors (Lipinski definition) is 1. The lowest BCUT2D eigenvalue weighted by molar-refractivity contribution is -0.118. The summed E-state index contributed by atoms with van der Waals surface area (Å²) in [5.41, 5.74) is 3.34. The van der Waals surface area contributed by atoms with Crippen LogP contribution in [0.2, 0.25) is 0 Å². The highest BCUT2D eigenvalue weighted by Crippen LogP contribution is 2.21. The SMILES string of the molecule is CC(=O)NCCSc1nnnn1-c1cccc(C)c1C. The molecule has 1 aromatic carbocycles. The van der Waals surface area contributed by atoms with E-state index in [0.29, 0.717) is 6.54 Å². The number of aromatic nitrogens is 4. The summed E-state index contributed by atoms with van der Waals surface area (Å²) in [5, 5.41) is 15.3. The fraction of sp³-hybridized carbons (Fsp3) is 0.385. The van der Waals surface area contributed by atoms with Crippen LogP contribution in [0.1, 0.15) is 18.1 Å². The third-order valence-corrected chi connectivity index (χ3v) is 3.87. The fourth-order valence-corrected chi connectivity index (χ4v) is 2.49. The summed E-state index contributed by atoms with van der Waals surface area (Å²) in [7, 11) is 0. The molecule has 1 aromatic heterocycles. The molecular weight excluding hydrogens is 274 g/mol. The Morgan fingerprint density at radius 3 is 2.95 bits per heavy atom. The Morgan fingerprint density at radius 2 is 2.20 bits per heavy atom. The lowest BCUT2D eigenvalue weighted by atomic mass is 10.1. The Hall–Kier alpha value is -1.89. The summed E-state index contributed by atoms with van der Waals surface area (Å²) in [6.07, 6.45) is 0. The molecule has 106 valence electrons. The Bertz CT molecular complexity index is 611. The van der Waals surface area contributed by atoms with Gasteiger partial charge in [-0.3, -0.25) is 4.79 Å². The van der Waals surface area contributed by atoms with Gasteiger partial charge in [0, 0.05) is 19.2 Å². The van der Waals surface area contributed by atoms with Gasteiger partial charge in [-0.1, -0.05) is 23.9 Å². The van der Waals surface area contributed by atoms with Crippen LogP contribution in [0.3, 0.4) is 0 Å². The lowest BCUT2D eigenvalue weighted by Crippen LogP contribution is -2.22. The van der Waals surface area contributed by atoms with Crippen molar-refractivity contribution in [3.8, 4) is 5.69 Å². The van der Waals surface area contributed by atoms with Crippen LogP contribution in [0.4, 0.5) is 0 Å². The Balaban J connectivity index is 2.12. The summed E-state index contributed by atoms with van der Waals surface area (Å²) >= 11 is 1.52. The number of rotatable bonds is 5. The predicted molar refractivity (Wildman–Crippen MR) is 78.0 cm³/mol. The normalized spacial score (nSPS) is 10.6. The minimum absolute atomic E-state index is 0.0280. The molecule has 0 atom stereocenters. The first-order valence-electron chi connectivity index (χ1n) is 6.32. The number of benzene rings is 1. The van der Waals surface area contributed by atoms with Crippen molar-refractivity contribution in [3.63, 3.8) is 0 Å². The van der Waals surface area contributed by atoms with Crippen molar-refractivity contribution in [1.82, 2.24) is 25.5 Å². The van der Waals surface area contributed by atoms with Crippen molar-refractivity contribution in [2.24, 2.45) is 0 Å². The molecule has 0 aliphatic rings. The molecule has 0 radical (unpaired) electrons. The highest BCUT2D eigenvalue weighted by atomic mass is 32.2. The number of carbonyl (C=O) groups is 1. The van der Waals surface area contributed by atoms with E-state index >= 15 is 0 Å². The second-order valence-corrected chi connectivity index (χ2v) is 5.49. The molecule has 0 fully saturated rings. The predicted octanol–water partition coefficient (Wildman–Crippen LogP) is 1.51. The highest BCUT2D eigenvalue weighted by Gasteiger charge is 2.11.